The van der Waals surface area contributed by atoms with Crippen LogP contribution in [0.4, 0.5) is 35.5 Å². The first-order valence-corrected chi connectivity index (χ1v) is 13.8. The Morgan fingerprint density at radius 1 is 0.800 bits per heavy atom. The van der Waals surface area contributed by atoms with E-state index in [9.17, 15) is 45.1 Å². The van der Waals surface area contributed by atoms with Gasteiger partial charge in [-0.3, -0.25) is 14.5 Å². The number of piperazine rings is 1. The van der Waals surface area contributed by atoms with Crippen LogP contribution in [-0.4, -0.2) is 57.9 Å². The molecule has 2 aliphatic heterocycles. The molecular weight excluding hydrogens is 611 g/mol. The van der Waals surface area contributed by atoms with E-state index in [1.54, 1.807) is 30.3 Å². The van der Waals surface area contributed by atoms with Crippen molar-refractivity contribution in [3.8, 4) is 0 Å². The lowest BCUT2D eigenvalue weighted by molar-refractivity contribution is -0.164. The fourth-order valence-corrected chi connectivity index (χ4v) is 5.51. The van der Waals surface area contributed by atoms with Crippen molar-refractivity contribution in [2.75, 3.05) is 13.1 Å². The van der Waals surface area contributed by atoms with Crippen molar-refractivity contribution in [3.63, 3.8) is 0 Å². The van der Waals surface area contributed by atoms with E-state index in [1.807, 2.05) is 0 Å². The molecule has 3 aromatic rings. The molecule has 2 fully saturated rings. The van der Waals surface area contributed by atoms with Gasteiger partial charge in [0.25, 0.3) is 0 Å². The van der Waals surface area contributed by atoms with E-state index in [0.717, 1.165) is 5.56 Å². The third-order valence-electron chi connectivity index (χ3n) is 7.67. The van der Waals surface area contributed by atoms with Gasteiger partial charge < -0.3 is 14.5 Å². The topological polar surface area (TPSA) is 70.2 Å². The zero-order valence-electron chi connectivity index (χ0n) is 23.4. The van der Waals surface area contributed by atoms with Crippen LogP contribution in [0.1, 0.15) is 34.2 Å². The van der Waals surface area contributed by atoms with E-state index in [1.165, 1.54) is 39.0 Å². The van der Waals surface area contributed by atoms with E-state index in [2.05, 4.69) is 0 Å². The van der Waals surface area contributed by atoms with Crippen molar-refractivity contribution < 1.29 is 49.9 Å². The second-order valence-electron chi connectivity index (χ2n) is 10.8. The molecular formula is C31H26F7N3O4. The quantitative estimate of drug-likeness (QED) is 0.311. The number of rotatable bonds is 6. The minimum absolute atomic E-state index is 0.0237. The number of hydrogen-bond acceptors (Lipinski definition) is 4. The van der Waals surface area contributed by atoms with Gasteiger partial charge in [0, 0.05) is 19.0 Å². The van der Waals surface area contributed by atoms with Gasteiger partial charge >= 0.3 is 18.4 Å². The third kappa shape index (κ3) is 7.37. The van der Waals surface area contributed by atoms with Crippen molar-refractivity contribution >= 4 is 17.9 Å². The first-order valence-electron chi connectivity index (χ1n) is 13.8. The predicted octanol–water partition coefficient (Wildman–Crippen LogP) is 6.01. The molecule has 2 heterocycles. The zero-order valence-corrected chi connectivity index (χ0v) is 23.4. The number of carbonyl (C=O) groups excluding carboxylic acids is 3. The molecule has 238 valence electrons. The van der Waals surface area contributed by atoms with Crippen LogP contribution in [0.25, 0.3) is 0 Å². The van der Waals surface area contributed by atoms with Crippen LogP contribution in [0.2, 0.25) is 0 Å². The molecule has 3 amide bonds. The van der Waals surface area contributed by atoms with Gasteiger partial charge in [-0.15, -0.1) is 0 Å². The summed E-state index contributed by atoms with van der Waals surface area (Å²) in [6, 6.07) is 14.3. The predicted molar refractivity (Wildman–Crippen MR) is 144 cm³/mol. The summed E-state index contributed by atoms with van der Waals surface area (Å²) < 4.78 is 99.0. The van der Waals surface area contributed by atoms with Gasteiger partial charge in [0.15, 0.2) is 0 Å². The highest BCUT2D eigenvalue weighted by molar-refractivity contribution is 5.88. The monoisotopic (exact) mass is 637 g/mol. The lowest BCUT2D eigenvalue weighted by atomic mass is 9.96. The maximum absolute atomic E-state index is 13.7. The minimum Gasteiger partial charge on any atom is -0.444 e. The average Bonchev–Trinajstić information content (AvgIpc) is 2.97. The Hall–Kier alpha value is -4.62. The number of hydrogen-bond donors (Lipinski definition) is 0. The third-order valence-corrected chi connectivity index (χ3v) is 7.67. The van der Waals surface area contributed by atoms with Crippen LogP contribution in [0.15, 0.2) is 72.8 Å². The van der Waals surface area contributed by atoms with Crippen molar-refractivity contribution in [2.24, 2.45) is 0 Å². The molecule has 7 nitrogen and oxygen atoms in total. The van der Waals surface area contributed by atoms with Gasteiger partial charge in [-0.25, -0.2) is 9.18 Å². The molecule has 0 aliphatic carbocycles. The molecule has 45 heavy (non-hydrogen) atoms. The number of fused-ring (bicyclic) bond motifs is 1. The van der Waals surface area contributed by atoms with Gasteiger partial charge in [-0.2, -0.15) is 26.3 Å². The molecule has 0 N–H and O–H groups in total. The first-order chi connectivity index (χ1) is 21.2. The maximum atomic E-state index is 13.7. The Balaban J connectivity index is 1.43. The summed E-state index contributed by atoms with van der Waals surface area (Å²) in [5.41, 5.74) is -2.30. The van der Waals surface area contributed by atoms with Gasteiger partial charge in [0.1, 0.15) is 25.1 Å². The number of nitrogens with zero attached hydrogens (tertiary/aromatic N) is 3. The summed E-state index contributed by atoms with van der Waals surface area (Å²) in [6.07, 6.45) is -12.3. The first kappa shape index (κ1) is 31.8. The SMILES string of the molecule is O=C1CN2C(=O)CC(Cc3ccccc3)N(C(=O)OCc3cc(C(F)(F)F)cc(C(F)(F)F)c3)C2CN1Cc1ccc(F)cc1. The smallest absolute Gasteiger partial charge is 0.416 e. The van der Waals surface area contributed by atoms with Gasteiger partial charge in [-0.1, -0.05) is 42.5 Å². The highest BCUT2D eigenvalue weighted by Crippen LogP contribution is 2.37. The summed E-state index contributed by atoms with van der Waals surface area (Å²) in [4.78, 5) is 43.7. The van der Waals surface area contributed by atoms with Crippen LogP contribution < -0.4 is 0 Å². The van der Waals surface area contributed by atoms with Crippen LogP contribution in [0.3, 0.4) is 0 Å². The molecule has 0 bridgehead atoms. The molecule has 0 saturated carbocycles. The van der Waals surface area contributed by atoms with E-state index in [0.29, 0.717) is 17.7 Å². The Bertz CT molecular complexity index is 1530. The normalized spacial score (nSPS) is 19.0. The van der Waals surface area contributed by atoms with E-state index in [4.69, 9.17) is 4.74 Å². The molecule has 0 aromatic heterocycles. The number of carbonyl (C=O) groups is 3. The van der Waals surface area contributed by atoms with E-state index < -0.39 is 71.6 Å². The average molecular weight is 638 g/mol. The fourth-order valence-electron chi connectivity index (χ4n) is 5.51. The molecule has 2 unspecified atom stereocenters. The van der Waals surface area contributed by atoms with Crippen molar-refractivity contribution in [1.29, 1.82) is 0 Å². The number of halogens is 7. The minimum atomic E-state index is -5.09. The Morgan fingerprint density at radius 3 is 2.02 bits per heavy atom. The molecule has 3 aromatic carbocycles. The molecule has 2 saturated heterocycles. The molecule has 0 spiro atoms. The second-order valence-corrected chi connectivity index (χ2v) is 10.8. The fraction of sp³-hybridized carbons (Fsp3) is 0.323. The molecule has 2 atom stereocenters. The van der Waals surface area contributed by atoms with Gasteiger partial charge in [-0.05, 0) is 53.4 Å². The number of amides is 3. The number of benzene rings is 3. The largest absolute Gasteiger partial charge is 0.444 e. The molecule has 0 radical (unpaired) electrons. The van der Waals surface area contributed by atoms with E-state index in [-0.39, 0.29) is 38.5 Å². The van der Waals surface area contributed by atoms with Gasteiger partial charge in [0.05, 0.1) is 17.7 Å². The van der Waals surface area contributed by atoms with Crippen molar-refractivity contribution in [3.05, 3.63) is 106 Å². The molecule has 14 heteroatoms. The Labute approximate surface area is 252 Å². The summed E-state index contributed by atoms with van der Waals surface area (Å²) in [5, 5.41) is 0. The second kappa shape index (κ2) is 12.4. The lowest BCUT2D eigenvalue weighted by Gasteiger charge is -2.51. The van der Waals surface area contributed by atoms with Crippen molar-refractivity contribution in [2.45, 2.75) is 50.6 Å². The van der Waals surface area contributed by atoms with Crippen LogP contribution >= 0.6 is 0 Å². The highest BCUT2D eigenvalue weighted by Gasteiger charge is 2.48. The summed E-state index contributed by atoms with van der Waals surface area (Å²) in [5.74, 6) is -1.32. The number of alkyl halides is 6. The summed E-state index contributed by atoms with van der Waals surface area (Å²) in [6.45, 7) is -1.42. The molecule has 5 rings (SSSR count). The van der Waals surface area contributed by atoms with Gasteiger partial charge in [0.2, 0.25) is 11.8 Å². The number of ether oxygens (including phenoxy) is 1. The maximum Gasteiger partial charge on any atom is 0.416 e. The lowest BCUT2D eigenvalue weighted by Crippen LogP contribution is -2.70. The zero-order chi connectivity index (χ0) is 32.5. The van der Waals surface area contributed by atoms with E-state index >= 15 is 0 Å². The Morgan fingerprint density at radius 2 is 1.42 bits per heavy atom. The summed E-state index contributed by atoms with van der Waals surface area (Å²) >= 11 is 0. The molecule has 2 aliphatic rings. The van der Waals surface area contributed by atoms with Crippen LogP contribution in [-0.2, 0) is 46.3 Å². The highest BCUT2D eigenvalue weighted by atomic mass is 19.4. The Kier molecular flexibility index (Phi) is 8.77. The van der Waals surface area contributed by atoms with Crippen LogP contribution in [0, 0.1) is 5.82 Å². The van der Waals surface area contributed by atoms with Crippen molar-refractivity contribution in [1.82, 2.24) is 14.7 Å². The van der Waals surface area contributed by atoms with Crippen LogP contribution in [0.5, 0.6) is 0 Å². The summed E-state index contributed by atoms with van der Waals surface area (Å²) in [7, 11) is 0. The standard InChI is InChI=1S/C31H26F7N3O4/c32-24-8-6-20(7-9-24)15-39-16-26-40(17-28(39)43)27(42)14-25(12-19-4-2-1-3-5-19)41(26)29(44)45-18-21-10-22(30(33,34)35)13-23(11-21)31(36,37)38/h1-11,13,25-26H,12,14-18H2.